The van der Waals surface area contributed by atoms with Crippen molar-refractivity contribution in [2.75, 3.05) is 4.72 Å². The molecule has 0 aliphatic heterocycles. The number of azo groups is 1. The minimum absolute atomic E-state index is 0.0361. The highest BCUT2D eigenvalue weighted by Gasteiger charge is 2.14. The number of pyridine rings is 2. The maximum Gasteiger partial charge on any atom is 0.263 e. The summed E-state index contributed by atoms with van der Waals surface area (Å²) in [6, 6.07) is 13.0. The summed E-state index contributed by atoms with van der Waals surface area (Å²) in [7, 11) is -3.77. The highest BCUT2D eigenvalue weighted by atomic mass is 32.2. The molecule has 0 saturated heterocycles. The molecule has 2 aromatic heterocycles. The fraction of sp³-hybridized carbons (Fsp3) is 0. The second kappa shape index (κ2) is 7.15. The molecule has 0 aliphatic rings. The van der Waals surface area contributed by atoms with Crippen LogP contribution in [0.4, 0.5) is 17.2 Å². The number of nitrogens with zero attached hydrogens (tertiary/aromatic N) is 3. The molecule has 0 aliphatic carbocycles. The highest BCUT2D eigenvalue weighted by molar-refractivity contribution is 7.92. The van der Waals surface area contributed by atoms with Crippen molar-refractivity contribution in [3.05, 3.63) is 71.1 Å². The van der Waals surface area contributed by atoms with Crippen LogP contribution in [-0.4, -0.2) is 23.5 Å². The van der Waals surface area contributed by atoms with E-state index in [-0.39, 0.29) is 16.4 Å². The highest BCUT2D eigenvalue weighted by Crippen LogP contribution is 2.25. The van der Waals surface area contributed by atoms with E-state index < -0.39 is 21.5 Å². The van der Waals surface area contributed by atoms with E-state index in [1.807, 2.05) is 0 Å². The molecule has 3 N–H and O–H groups in total. The van der Waals surface area contributed by atoms with Gasteiger partial charge in [-0.1, -0.05) is 6.07 Å². The number of anilines is 1. The molecule has 1 aromatic carbocycles. The van der Waals surface area contributed by atoms with Crippen molar-refractivity contribution in [1.29, 1.82) is 0 Å². The van der Waals surface area contributed by atoms with Gasteiger partial charge in [-0.05, 0) is 42.5 Å². The predicted octanol–water partition coefficient (Wildman–Crippen LogP) is 2.69. The number of aromatic amines is 1. The van der Waals surface area contributed by atoms with Gasteiger partial charge in [0.05, 0.1) is 10.6 Å². The van der Waals surface area contributed by atoms with Gasteiger partial charge in [0, 0.05) is 12.3 Å². The number of hydrogen-bond donors (Lipinski definition) is 3. The number of aromatic nitrogens is 2. The molecule has 0 bridgehead atoms. The maximum atomic E-state index is 12.3. The van der Waals surface area contributed by atoms with Gasteiger partial charge in [0.15, 0.2) is 0 Å². The lowest BCUT2D eigenvalue weighted by molar-refractivity contribution is 0.453. The first kappa shape index (κ1) is 17.3. The lowest BCUT2D eigenvalue weighted by Crippen LogP contribution is -2.13. The van der Waals surface area contributed by atoms with E-state index in [1.54, 1.807) is 12.1 Å². The molecule has 3 rings (SSSR count). The SMILES string of the molecule is O=c1ccc(N=Nc2ccc(S(=O)(=O)Nc3ccccn3)cc2)c(O)[nH]1. The summed E-state index contributed by atoms with van der Waals surface area (Å²) in [6.07, 6.45) is 1.48. The topological polar surface area (TPSA) is 137 Å². The van der Waals surface area contributed by atoms with E-state index in [0.717, 1.165) is 0 Å². The second-order valence-electron chi connectivity index (χ2n) is 5.07. The molecule has 0 spiro atoms. The van der Waals surface area contributed by atoms with Crippen LogP contribution in [0.25, 0.3) is 0 Å². The van der Waals surface area contributed by atoms with Crippen molar-refractivity contribution in [3.63, 3.8) is 0 Å². The zero-order valence-corrected chi connectivity index (χ0v) is 14.0. The first-order valence-electron chi connectivity index (χ1n) is 7.32. The predicted molar refractivity (Wildman–Crippen MR) is 94.4 cm³/mol. The third kappa shape index (κ3) is 4.11. The number of benzene rings is 1. The summed E-state index contributed by atoms with van der Waals surface area (Å²) < 4.78 is 27.0. The van der Waals surface area contributed by atoms with Crippen LogP contribution in [0.15, 0.2) is 80.7 Å². The van der Waals surface area contributed by atoms with Crippen LogP contribution in [0.5, 0.6) is 5.88 Å². The molecule has 9 nitrogen and oxygen atoms in total. The third-order valence-corrected chi connectivity index (χ3v) is 4.57. The zero-order chi connectivity index (χ0) is 18.6. The molecule has 0 saturated carbocycles. The fourth-order valence-corrected chi connectivity index (χ4v) is 2.97. The third-order valence-electron chi connectivity index (χ3n) is 3.20. The molecular formula is C16H13N5O4S. The maximum absolute atomic E-state index is 12.3. The Morgan fingerprint density at radius 2 is 1.77 bits per heavy atom. The van der Waals surface area contributed by atoms with Gasteiger partial charge in [-0.2, -0.15) is 5.11 Å². The first-order chi connectivity index (χ1) is 12.4. The molecule has 0 amide bonds. The molecular weight excluding hydrogens is 358 g/mol. The molecule has 10 heteroatoms. The minimum Gasteiger partial charge on any atom is -0.493 e. The van der Waals surface area contributed by atoms with E-state index in [4.69, 9.17) is 0 Å². The standard InChI is InChI=1S/C16H13N5O4S/c22-15-9-8-13(16(23)18-15)20-19-11-4-6-12(7-5-11)26(24,25)21-14-3-1-2-10-17-14/h1-10H,(H,17,21)(H2,18,22,23). The molecule has 0 unspecified atom stereocenters. The quantitative estimate of drug-likeness (QED) is 0.592. The van der Waals surface area contributed by atoms with Crippen LogP contribution in [0.1, 0.15) is 0 Å². The average molecular weight is 371 g/mol. The van der Waals surface area contributed by atoms with Gasteiger partial charge in [0.2, 0.25) is 5.88 Å². The summed E-state index contributed by atoms with van der Waals surface area (Å²) in [5, 5.41) is 17.3. The Hall–Kier alpha value is -3.53. The van der Waals surface area contributed by atoms with Gasteiger partial charge < -0.3 is 5.11 Å². The van der Waals surface area contributed by atoms with Gasteiger partial charge in [-0.25, -0.2) is 13.4 Å². The van der Waals surface area contributed by atoms with Gasteiger partial charge in [-0.15, -0.1) is 5.11 Å². The second-order valence-corrected chi connectivity index (χ2v) is 6.75. The Balaban J connectivity index is 1.77. The number of sulfonamides is 1. The number of H-pyrrole nitrogens is 1. The molecule has 3 aromatic rings. The van der Waals surface area contributed by atoms with Gasteiger partial charge in [0.25, 0.3) is 15.6 Å². The molecule has 132 valence electrons. The van der Waals surface area contributed by atoms with Crippen LogP contribution in [0, 0.1) is 0 Å². The Kier molecular flexibility index (Phi) is 4.76. The van der Waals surface area contributed by atoms with Crippen molar-refractivity contribution in [2.24, 2.45) is 10.2 Å². The van der Waals surface area contributed by atoms with E-state index in [1.165, 1.54) is 48.7 Å². The Labute approximate surface area is 148 Å². The molecule has 0 radical (unpaired) electrons. The van der Waals surface area contributed by atoms with E-state index in [9.17, 15) is 18.3 Å². The summed E-state index contributed by atoms with van der Waals surface area (Å²) in [6.45, 7) is 0. The summed E-state index contributed by atoms with van der Waals surface area (Å²) >= 11 is 0. The summed E-state index contributed by atoms with van der Waals surface area (Å²) in [4.78, 5) is 17.2. The number of hydrogen-bond acceptors (Lipinski definition) is 7. The lowest BCUT2D eigenvalue weighted by atomic mass is 10.3. The van der Waals surface area contributed by atoms with Crippen LogP contribution in [0.3, 0.4) is 0 Å². The number of aromatic hydroxyl groups is 1. The van der Waals surface area contributed by atoms with Crippen molar-refractivity contribution in [1.82, 2.24) is 9.97 Å². The van der Waals surface area contributed by atoms with Crippen LogP contribution in [-0.2, 0) is 10.0 Å². The van der Waals surface area contributed by atoms with Crippen molar-refractivity contribution >= 4 is 27.2 Å². The van der Waals surface area contributed by atoms with Gasteiger partial charge in [-0.3, -0.25) is 14.5 Å². The van der Waals surface area contributed by atoms with Gasteiger partial charge in [0.1, 0.15) is 11.5 Å². The number of nitrogens with one attached hydrogen (secondary N) is 2. The van der Waals surface area contributed by atoms with Crippen molar-refractivity contribution in [3.8, 4) is 5.88 Å². The van der Waals surface area contributed by atoms with Crippen molar-refractivity contribution in [2.45, 2.75) is 4.90 Å². The largest absolute Gasteiger partial charge is 0.493 e. The Morgan fingerprint density at radius 3 is 2.42 bits per heavy atom. The molecule has 0 fully saturated rings. The first-order valence-corrected chi connectivity index (χ1v) is 8.80. The molecule has 2 heterocycles. The van der Waals surface area contributed by atoms with E-state index in [2.05, 4.69) is 24.9 Å². The van der Waals surface area contributed by atoms with Crippen LogP contribution >= 0.6 is 0 Å². The van der Waals surface area contributed by atoms with E-state index in [0.29, 0.717) is 5.69 Å². The minimum atomic E-state index is -3.77. The van der Waals surface area contributed by atoms with Crippen molar-refractivity contribution < 1.29 is 13.5 Å². The van der Waals surface area contributed by atoms with Crippen LogP contribution < -0.4 is 10.3 Å². The number of rotatable bonds is 5. The van der Waals surface area contributed by atoms with Gasteiger partial charge >= 0.3 is 0 Å². The normalized spacial score (nSPS) is 11.5. The lowest BCUT2D eigenvalue weighted by Gasteiger charge is -2.06. The Bertz CT molecular complexity index is 1090. The monoisotopic (exact) mass is 371 g/mol. The zero-order valence-electron chi connectivity index (χ0n) is 13.2. The Morgan fingerprint density at radius 1 is 1.00 bits per heavy atom. The van der Waals surface area contributed by atoms with E-state index >= 15 is 0 Å². The molecule has 0 atom stereocenters. The summed E-state index contributed by atoms with van der Waals surface area (Å²) in [5.74, 6) is -0.190. The fourth-order valence-electron chi connectivity index (χ4n) is 1.96. The average Bonchev–Trinajstić information content (AvgIpc) is 2.62. The molecule has 26 heavy (non-hydrogen) atoms. The van der Waals surface area contributed by atoms with Crippen LogP contribution in [0.2, 0.25) is 0 Å². The summed E-state index contributed by atoms with van der Waals surface area (Å²) in [5.41, 5.74) is -0.0121. The smallest absolute Gasteiger partial charge is 0.263 e.